The van der Waals surface area contributed by atoms with E-state index in [0.717, 1.165) is 48.6 Å². The van der Waals surface area contributed by atoms with Gasteiger partial charge in [-0.1, -0.05) is 57.9 Å². The zero-order chi connectivity index (χ0) is 36.5. The normalized spacial score (nSPS) is 15.7. The molecule has 4 rings (SSSR count). The highest BCUT2D eigenvalue weighted by Crippen LogP contribution is 2.45. The molecule has 1 heterocycles. The van der Waals surface area contributed by atoms with E-state index in [1.807, 2.05) is 32.0 Å². The van der Waals surface area contributed by atoms with Gasteiger partial charge in [0.15, 0.2) is 9.84 Å². The summed E-state index contributed by atoms with van der Waals surface area (Å²) in [7, 11) is -3.93. The van der Waals surface area contributed by atoms with Crippen molar-refractivity contribution in [3.63, 3.8) is 0 Å². The lowest BCUT2D eigenvalue weighted by molar-refractivity contribution is -0.124. The Balaban J connectivity index is 1.62. The first kappa shape index (κ1) is 38.9. The number of nitrogens with one attached hydrogen (secondary N) is 4. The second kappa shape index (κ2) is 17.3. The van der Waals surface area contributed by atoms with Crippen LogP contribution >= 0.6 is 0 Å². The summed E-state index contributed by atoms with van der Waals surface area (Å²) in [5, 5.41) is 19.4. The van der Waals surface area contributed by atoms with Gasteiger partial charge in [0.1, 0.15) is 17.7 Å². The summed E-state index contributed by atoms with van der Waals surface area (Å²) in [6.07, 6.45) is 4.20. The van der Waals surface area contributed by atoms with Crippen LogP contribution in [-0.4, -0.2) is 66.1 Å². The van der Waals surface area contributed by atoms with Gasteiger partial charge < -0.3 is 26.0 Å². The first-order valence-corrected chi connectivity index (χ1v) is 19.0. The molecular formula is C37H48F2N4O6S. The van der Waals surface area contributed by atoms with Crippen LogP contribution in [0.5, 0.6) is 0 Å². The third-order valence-corrected chi connectivity index (χ3v) is 11.5. The maximum Gasteiger partial charge on any atom is 0.252 e. The molecule has 0 bridgehead atoms. The average Bonchev–Trinajstić information content (AvgIpc) is 3.87. The van der Waals surface area contributed by atoms with E-state index in [2.05, 4.69) is 33.9 Å². The van der Waals surface area contributed by atoms with Crippen LogP contribution in [0.25, 0.3) is 0 Å². The van der Waals surface area contributed by atoms with E-state index in [9.17, 15) is 36.7 Å². The average molecular weight is 715 g/mol. The number of halogens is 2. The fourth-order valence-corrected chi connectivity index (χ4v) is 8.46. The second-order valence-corrected chi connectivity index (χ2v) is 15.5. The van der Waals surface area contributed by atoms with E-state index in [-0.39, 0.29) is 29.6 Å². The number of aliphatic hydroxyl groups excluding tert-OH is 1. The van der Waals surface area contributed by atoms with Crippen LogP contribution in [-0.2, 0) is 33.0 Å². The summed E-state index contributed by atoms with van der Waals surface area (Å²) in [5.41, 5.74) is 1.37. The molecule has 1 aromatic heterocycles. The van der Waals surface area contributed by atoms with E-state index < -0.39 is 68.0 Å². The number of hydrogen-bond acceptors (Lipinski definition) is 7. The zero-order valence-electron chi connectivity index (χ0n) is 28.8. The van der Waals surface area contributed by atoms with Crippen molar-refractivity contribution in [1.82, 2.24) is 20.9 Å². The van der Waals surface area contributed by atoms with Crippen molar-refractivity contribution in [3.8, 4) is 0 Å². The molecule has 1 aliphatic rings. The third kappa shape index (κ3) is 10.5. The number of pyridine rings is 1. The second-order valence-electron chi connectivity index (χ2n) is 13.2. The van der Waals surface area contributed by atoms with Crippen LogP contribution in [0.4, 0.5) is 8.78 Å². The molecule has 3 aromatic rings. The van der Waals surface area contributed by atoms with Gasteiger partial charge >= 0.3 is 0 Å². The van der Waals surface area contributed by atoms with Gasteiger partial charge in [0, 0.05) is 36.0 Å². The number of H-pyrrole nitrogens is 1. The first-order valence-electron chi connectivity index (χ1n) is 17.3. The van der Waals surface area contributed by atoms with Crippen molar-refractivity contribution in [3.05, 3.63) is 105 Å². The number of sulfone groups is 1. The van der Waals surface area contributed by atoms with Crippen LogP contribution in [0.3, 0.4) is 0 Å². The predicted molar refractivity (Wildman–Crippen MR) is 188 cm³/mol. The Hall–Kier alpha value is -3.94. The summed E-state index contributed by atoms with van der Waals surface area (Å²) in [6.45, 7) is 5.78. The molecule has 0 spiro atoms. The van der Waals surface area contributed by atoms with Gasteiger partial charge in [-0.3, -0.25) is 14.4 Å². The number of aliphatic hydroxyl groups is 1. The fraction of sp³-hybridized carbons (Fsp3) is 0.486. The number of aromatic nitrogens is 1. The van der Waals surface area contributed by atoms with Crippen LogP contribution < -0.4 is 21.5 Å². The highest BCUT2D eigenvalue weighted by Gasteiger charge is 2.44. The SMILES string of the molecule is CCCC(CCC)S(=O)(=O)C[C@@H](NC(=O)c1cc[nH]c(=O)c1)C(=O)N[C@@H](Cc1cc(F)cc(F)c1)[C@H](O)CNC1(c2cccc(CC)c2)CC1. The molecule has 0 unspecified atom stereocenters. The molecule has 2 aromatic carbocycles. The Morgan fingerprint density at radius 1 is 0.940 bits per heavy atom. The monoisotopic (exact) mass is 714 g/mol. The number of carbonyl (C=O) groups is 2. The molecule has 0 saturated heterocycles. The van der Waals surface area contributed by atoms with E-state index in [1.54, 1.807) is 0 Å². The summed E-state index contributed by atoms with van der Waals surface area (Å²) in [5.74, 6) is -4.15. The lowest BCUT2D eigenvalue weighted by Crippen LogP contribution is -2.57. The third-order valence-electron chi connectivity index (χ3n) is 9.24. The van der Waals surface area contributed by atoms with E-state index in [0.29, 0.717) is 31.7 Å². The Kier molecular flexibility index (Phi) is 13.5. The minimum absolute atomic E-state index is 0.00368. The Bertz CT molecular complexity index is 1770. The fourth-order valence-electron chi connectivity index (χ4n) is 6.30. The van der Waals surface area contributed by atoms with Crippen molar-refractivity contribution in [2.24, 2.45) is 0 Å². The molecule has 10 nitrogen and oxygen atoms in total. The molecule has 1 aliphatic carbocycles. The largest absolute Gasteiger partial charge is 0.390 e. The maximum atomic E-state index is 14.2. The number of carbonyl (C=O) groups excluding carboxylic acids is 2. The number of aryl methyl sites for hydroxylation is 1. The molecule has 50 heavy (non-hydrogen) atoms. The molecule has 1 fully saturated rings. The first-order chi connectivity index (χ1) is 23.8. The molecule has 272 valence electrons. The van der Waals surface area contributed by atoms with Crippen molar-refractivity contribution in [2.45, 2.75) is 101 Å². The van der Waals surface area contributed by atoms with Crippen LogP contribution in [0.15, 0.2) is 65.6 Å². The summed E-state index contributed by atoms with van der Waals surface area (Å²) in [4.78, 5) is 41.5. The molecular weight excluding hydrogens is 666 g/mol. The van der Waals surface area contributed by atoms with Gasteiger partial charge in [-0.25, -0.2) is 17.2 Å². The van der Waals surface area contributed by atoms with Crippen molar-refractivity contribution >= 4 is 21.7 Å². The summed E-state index contributed by atoms with van der Waals surface area (Å²) >= 11 is 0. The lowest BCUT2D eigenvalue weighted by Gasteiger charge is -2.29. The zero-order valence-corrected chi connectivity index (χ0v) is 29.6. The quantitative estimate of drug-likeness (QED) is 0.125. The molecule has 5 N–H and O–H groups in total. The highest BCUT2D eigenvalue weighted by molar-refractivity contribution is 7.92. The highest BCUT2D eigenvalue weighted by atomic mass is 32.2. The van der Waals surface area contributed by atoms with Gasteiger partial charge in [-0.05, 0) is 73.4 Å². The summed E-state index contributed by atoms with van der Waals surface area (Å²) < 4.78 is 55.7. The molecule has 13 heteroatoms. The van der Waals surface area contributed by atoms with E-state index >= 15 is 0 Å². The molecule has 1 saturated carbocycles. The number of rotatable bonds is 19. The number of aromatic amines is 1. The predicted octanol–water partition coefficient (Wildman–Crippen LogP) is 4.06. The number of benzene rings is 2. The van der Waals surface area contributed by atoms with E-state index in [4.69, 9.17) is 0 Å². The van der Waals surface area contributed by atoms with E-state index in [1.165, 1.54) is 12.3 Å². The summed E-state index contributed by atoms with van der Waals surface area (Å²) in [6, 6.07) is 10.6. The maximum absolute atomic E-state index is 14.2. The minimum atomic E-state index is -3.93. The topological polar surface area (TPSA) is 157 Å². The van der Waals surface area contributed by atoms with Gasteiger partial charge in [-0.15, -0.1) is 0 Å². The number of hydrogen-bond donors (Lipinski definition) is 5. The standard InChI is InChI=1S/C37H48F2N4O6S/c1-4-8-30(9-5-2)50(48,49)23-32(43-35(46)26-12-15-40-34(45)20-26)36(47)42-31(19-25-17-28(38)21-29(39)18-25)33(44)22-41-37(13-14-37)27-11-7-10-24(6-3)16-27/h7,10-12,15-18,20-21,30-33,41,44H,4-6,8-9,13-14,19,22-23H2,1-3H3,(H,40,45)(H,42,47)(H,43,46)/t31-,32+,33+/m0/s1. The number of amides is 2. The van der Waals surface area contributed by atoms with Gasteiger partial charge in [0.25, 0.3) is 5.91 Å². The Labute approximate surface area is 292 Å². The van der Waals surface area contributed by atoms with Crippen LogP contribution in [0.2, 0.25) is 0 Å². The lowest BCUT2D eigenvalue weighted by atomic mass is 9.98. The van der Waals surface area contributed by atoms with Gasteiger partial charge in [0.2, 0.25) is 11.5 Å². The van der Waals surface area contributed by atoms with Crippen LogP contribution in [0, 0.1) is 11.6 Å². The Morgan fingerprint density at radius 2 is 1.62 bits per heavy atom. The van der Waals surface area contributed by atoms with Crippen molar-refractivity contribution < 1.29 is 31.9 Å². The van der Waals surface area contributed by atoms with Gasteiger partial charge in [0.05, 0.1) is 23.1 Å². The molecule has 2 amide bonds. The van der Waals surface area contributed by atoms with Gasteiger partial charge in [-0.2, -0.15) is 0 Å². The minimum Gasteiger partial charge on any atom is -0.390 e. The Morgan fingerprint density at radius 3 is 2.22 bits per heavy atom. The molecule has 0 radical (unpaired) electrons. The smallest absolute Gasteiger partial charge is 0.252 e. The molecule has 0 aliphatic heterocycles. The van der Waals surface area contributed by atoms with Crippen LogP contribution in [0.1, 0.15) is 86.3 Å². The molecule has 3 atom stereocenters. The van der Waals surface area contributed by atoms with Crippen molar-refractivity contribution in [2.75, 3.05) is 12.3 Å². The van der Waals surface area contributed by atoms with Crippen molar-refractivity contribution in [1.29, 1.82) is 0 Å².